The summed E-state index contributed by atoms with van der Waals surface area (Å²) in [7, 11) is 0. The number of imide groups is 1. The summed E-state index contributed by atoms with van der Waals surface area (Å²) in [6, 6.07) is 6.72. The second-order valence-corrected chi connectivity index (χ2v) is 4.38. The lowest BCUT2D eigenvalue weighted by Gasteiger charge is -2.16. The molecule has 0 unspecified atom stereocenters. The van der Waals surface area contributed by atoms with Gasteiger partial charge in [-0.05, 0) is 25.0 Å². The van der Waals surface area contributed by atoms with Crippen LogP contribution in [-0.2, 0) is 9.57 Å². The summed E-state index contributed by atoms with van der Waals surface area (Å²) in [5.74, 6) is -0.790. The van der Waals surface area contributed by atoms with E-state index in [4.69, 9.17) is 9.57 Å². The molecule has 1 saturated heterocycles. The highest BCUT2D eigenvalue weighted by Crippen LogP contribution is 2.23. The molecule has 2 aliphatic rings. The van der Waals surface area contributed by atoms with Crippen LogP contribution in [0.5, 0.6) is 0 Å². The Labute approximate surface area is 104 Å². The third-order valence-corrected chi connectivity index (χ3v) is 3.17. The van der Waals surface area contributed by atoms with Crippen molar-refractivity contribution in [3.8, 4) is 0 Å². The fourth-order valence-corrected chi connectivity index (χ4v) is 2.22. The first-order valence-corrected chi connectivity index (χ1v) is 5.99. The lowest BCUT2D eigenvalue weighted by Crippen LogP contribution is -2.33. The Morgan fingerprint density at radius 1 is 1.22 bits per heavy atom. The molecule has 5 nitrogen and oxygen atoms in total. The predicted octanol–water partition coefficient (Wildman–Crippen LogP) is 1.39. The summed E-state index contributed by atoms with van der Waals surface area (Å²) < 4.78 is 5.39. The summed E-state index contributed by atoms with van der Waals surface area (Å²) in [6.45, 7) is 0.960. The van der Waals surface area contributed by atoms with Gasteiger partial charge in [0.15, 0.2) is 0 Å². The highest BCUT2D eigenvalue weighted by atomic mass is 16.7. The lowest BCUT2D eigenvalue weighted by molar-refractivity contribution is -0.118. The number of hydroxylamine groups is 2. The van der Waals surface area contributed by atoms with Gasteiger partial charge in [0.25, 0.3) is 11.8 Å². The largest absolute Gasteiger partial charge is 0.376 e. The van der Waals surface area contributed by atoms with E-state index in [-0.39, 0.29) is 12.7 Å². The molecule has 0 bridgehead atoms. The van der Waals surface area contributed by atoms with Crippen molar-refractivity contribution in [2.75, 3.05) is 13.2 Å². The molecule has 0 spiro atoms. The van der Waals surface area contributed by atoms with Crippen LogP contribution in [0.3, 0.4) is 0 Å². The fraction of sp³-hybridized carbons (Fsp3) is 0.385. The van der Waals surface area contributed by atoms with Crippen LogP contribution in [0.15, 0.2) is 24.3 Å². The highest BCUT2D eigenvalue weighted by molar-refractivity contribution is 6.20. The average molecular weight is 247 g/mol. The second kappa shape index (κ2) is 4.51. The van der Waals surface area contributed by atoms with Crippen molar-refractivity contribution in [1.29, 1.82) is 0 Å². The van der Waals surface area contributed by atoms with E-state index in [2.05, 4.69) is 0 Å². The van der Waals surface area contributed by atoms with Crippen LogP contribution in [0, 0.1) is 0 Å². The van der Waals surface area contributed by atoms with Gasteiger partial charge < -0.3 is 4.74 Å². The van der Waals surface area contributed by atoms with Crippen LogP contribution in [0.4, 0.5) is 0 Å². The number of rotatable bonds is 3. The SMILES string of the molecule is O=C1c2ccccc2C(=O)N1OC[C@@H]1CCCO1. The molecule has 5 heteroatoms. The molecule has 2 amide bonds. The Morgan fingerprint density at radius 3 is 2.44 bits per heavy atom. The van der Waals surface area contributed by atoms with E-state index >= 15 is 0 Å². The van der Waals surface area contributed by atoms with Crippen LogP contribution in [-0.4, -0.2) is 36.2 Å². The van der Waals surface area contributed by atoms with Gasteiger partial charge in [-0.1, -0.05) is 12.1 Å². The summed E-state index contributed by atoms with van der Waals surface area (Å²) in [4.78, 5) is 29.2. The van der Waals surface area contributed by atoms with Crippen molar-refractivity contribution in [2.45, 2.75) is 18.9 Å². The van der Waals surface area contributed by atoms with Crippen molar-refractivity contribution in [3.05, 3.63) is 35.4 Å². The molecule has 0 N–H and O–H groups in total. The van der Waals surface area contributed by atoms with Gasteiger partial charge in [-0.3, -0.25) is 14.4 Å². The van der Waals surface area contributed by atoms with Crippen molar-refractivity contribution in [3.63, 3.8) is 0 Å². The molecule has 2 aliphatic heterocycles. The number of carbonyl (C=O) groups excluding carboxylic acids is 2. The Hall–Kier alpha value is -1.72. The maximum Gasteiger partial charge on any atom is 0.285 e. The Morgan fingerprint density at radius 2 is 1.89 bits per heavy atom. The molecule has 3 rings (SSSR count). The number of benzene rings is 1. The molecule has 2 heterocycles. The number of hydrogen-bond acceptors (Lipinski definition) is 4. The maximum absolute atomic E-state index is 12.0. The minimum atomic E-state index is -0.395. The quantitative estimate of drug-likeness (QED) is 0.757. The molecule has 0 radical (unpaired) electrons. The number of fused-ring (bicyclic) bond motifs is 1. The zero-order chi connectivity index (χ0) is 12.5. The van der Waals surface area contributed by atoms with Crippen molar-refractivity contribution in [1.82, 2.24) is 5.06 Å². The highest BCUT2D eigenvalue weighted by Gasteiger charge is 2.37. The number of nitrogens with zero attached hydrogens (tertiary/aromatic N) is 1. The Balaban J connectivity index is 1.71. The van der Waals surface area contributed by atoms with Crippen LogP contribution >= 0.6 is 0 Å². The number of amides is 2. The zero-order valence-electron chi connectivity index (χ0n) is 9.80. The summed E-state index contributed by atoms with van der Waals surface area (Å²) >= 11 is 0. The molecule has 1 atom stereocenters. The molecular formula is C13H13NO4. The monoisotopic (exact) mass is 247 g/mol. The lowest BCUT2D eigenvalue weighted by atomic mass is 10.1. The fourth-order valence-electron chi connectivity index (χ4n) is 2.22. The van der Waals surface area contributed by atoms with E-state index in [9.17, 15) is 9.59 Å². The first-order chi connectivity index (χ1) is 8.77. The van der Waals surface area contributed by atoms with E-state index in [0.29, 0.717) is 11.1 Å². The van der Waals surface area contributed by atoms with Gasteiger partial charge in [0.05, 0.1) is 17.2 Å². The minimum absolute atomic E-state index is 0.0192. The molecular weight excluding hydrogens is 234 g/mol. The molecule has 18 heavy (non-hydrogen) atoms. The van der Waals surface area contributed by atoms with Gasteiger partial charge in [-0.25, -0.2) is 0 Å². The molecule has 0 saturated carbocycles. The van der Waals surface area contributed by atoms with Crippen molar-refractivity contribution >= 4 is 11.8 Å². The minimum Gasteiger partial charge on any atom is -0.376 e. The third-order valence-electron chi connectivity index (χ3n) is 3.17. The first kappa shape index (κ1) is 11.4. The van der Waals surface area contributed by atoms with E-state index < -0.39 is 11.8 Å². The predicted molar refractivity (Wildman–Crippen MR) is 61.9 cm³/mol. The number of carbonyl (C=O) groups is 2. The van der Waals surface area contributed by atoms with E-state index in [0.717, 1.165) is 24.5 Å². The van der Waals surface area contributed by atoms with Crippen molar-refractivity contribution < 1.29 is 19.2 Å². The van der Waals surface area contributed by atoms with Gasteiger partial charge in [0, 0.05) is 6.61 Å². The molecule has 94 valence electrons. The van der Waals surface area contributed by atoms with Gasteiger partial charge in [-0.2, -0.15) is 0 Å². The van der Waals surface area contributed by atoms with Gasteiger partial charge >= 0.3 is 0 Å². The van der Waals surface area contributed by atoms with Crippen LogP contribution in [0.2, 0.25) is 0 Å². The molecule has 1 aromatic carbocycles. The second-order valence-electron chi connectivity index (χ2n) is 4.38. The Kier molecular flexibility index (Phi) is 2.85. The van der Waals surface area contributed by atoms with Gasteiger partial charge in [-0.15, -0.1) is 5.06 Å². The average Bonchev–Trinajstić information content (AvgIpc) is 2.98. The maximum atomic E-state index is 12.0. The summed E-state index contributed by atoms with van der Waals surface area (Å²) in [6.07, 6.45) is 1.88. The van der Waals surface area contributed by atoms with Crippen LogP contribution in [0.25, 0.3) is 0 Å². The first-order valence-electron chi connectivity index (χ1n) is 5.99. The normalized spacial score (nSPS) is 22.7. The Bertz CT molecular complexity index is 459. The molecule has 1 aromatic rings. The van der Waals surface area contributed by atoms with Gasteiger partial charge in [0.2, 0.25) is 0 Å². The summed E-state index contributed by atoms with van der Waals surface area (Å²) in [5.41, 5.74) is 0.796. The van der Waals surface area contributed by atoms with E-state index in [1.165, 1.54) is 0 Å². The third kappa shape index (κ3) is 1.81. The molecule has 1 fully saturated rings. The van der Waals surface area contributed by atoms with E-state index in [1.54, 1.807) is 24.3 Å². The van der Waals surface area contributed by atoms with E-state index in [1.807, 2.05) is 0 Å². The molecule has 0 aromatic heterocycles. The standard InChI is InChI=1S/C13H13NO4/c15-12-10-5-1-2-6-11(10)13(16)14(12)18-8-9-4-3-7-17-9/h1-2,5-6,9H,3-4,7-8H2/t9-/m0/s1. The smallest absolute Gasteiger partial charge is 0.285 e. The van der Waals surface area contributed by atoms with Crippen LogP contribution in [0.1, 0.15) is 33.6 Å². The topological polar surface area (TPSA) is 55.8 Å². The van der Waals surface area contributed by atoms with Crippen molar-refractivity contribution in [2.24, 2.45) is 0 Å². The molecule has 0 aliphatic carbocycles. The zero-order valence-corrected chi connectivity index (χ0v) is 9.80. The van der Waals surface area contributed by atoms with Gasteiger partial charge in [0.1, 0.15) is 6.61 Å². The number of hydrogen-bond donors (Lipinski definition) is 0. The number of ether oxygens (including phenoxy) is 1. The summed E-state index contributed by atoms with van der Waals surface area (Å²) in [5, 5.41) is 0.840. The van der Waals surface area contributed by atoms with Crippen LogP contribution < -0.4 is 0 Å².